The van der Waals surface area contributed by atoms with Crippen LogP contribution in [-0.2, 0) is 0 Å². The lowest BCUT2D eigenvalue weighted by molar-refractivity contribution is 0.159. The first-order valence-corrected chi connectivity index (χ1v) is 25.3. The molecule has 0 aliphatic carbocycles. The highest BCUT2D eigenvalue weighted by Crippen LogP contribution is 2.48. The Morgan fingerprint density at radius 1 is 0.386 bits per heavy atom. The standard InChI is InChI=1S/C66H56N2O2/c1-6-16-41(3)66(4,5)57(17-7-2)46-35-44(42-26-30-62-53(37-42)55-39-47(28-32-64(55)69-62)67-58-22-12-8-18-49(58)50-19-9-13-23-59(50)67)34-45(36-46)43-27-31-63-54(38-43)56-40-48(29-33-65(56)70-63)68-60-24-14-10-20-51(60)52-21-11-15-25-61(52)68/h8-15,18-41,57H,6-7,16-17H2,1-5H3. The molecular formula is C66H56N2O2. The van der Waals surface area contributed by atoms with Crippen LogP contribution in [0.3, 0.4) is 0 Å². The Kier molecular flexibility index (Phi) is 9.92. The van der Waals surface area contributed by atoms with Gasteiger partial charge in [-0.1, -0.05) is 151 Å². The maximum Gasteiger partial charge on any atom is 0.135 e. The van der Waals surface area contributed by atoms with E-state index in [1.807, 2.05) is 0 Å². The van der Waals surface area contributed by atoms with Gasteiger partial charge in [-0.2, -0.15) is 0 Å². The summed E-state index contributed by atoms with van der Waals surface area (Å²) in [4.78, 5) is 0. The summed E-state index contributed by atoms with van der Waals surface area (Å²) in [7, 11) is 0. The van der Waals surface area contributed by atoms with Crippen molar-refractivity contribution in [1.82, 2.24) is 9.13 Å². The third kappa shape index (κ3) is 6.64. The predicted molar refractivity (Wildman–Crippen MR) is 296 cm³/mol. The lowest BCUT2D eigenvalue weighted by atomic mass is 9.64. The van der Waals surface area contributed by atoms with Gasteiger partial charge in [0.25, 0.3) is 0 Å². The van der Waals surface area contributed by atoms with E-state index < -0.39 is 0 Å². The first-order valence-electron chi connectivity index (χ1n) is 25.3. The fourth-order valence-electron chi connectivity index (χ4n) is 12.2. The molecule has 0 bridgehead atoms. The number of benzene rings is 9. The van der Waals surface area contributed by atoms with E-state index in [-0.39, 0.29) is 5.41 Å². The third-order valence-corrected chi connectivity index (χ3v) is 16.1. The van der Waals surface area contributed by atoms with Gasteiger partial charge in [-0.15, -0.1) is 0 Å². The molecule has 4 nitrogen and oxygen atoms in total. The number of hydrogen-bond acceptors (Lipinski definition) is 2. The van der Waals surface area contributed by atoms with E-state index in [4.69, 9.17) is 8.83 Å². The van der Waals surface area contributed by atoms with Crippen molar-refractivity contribution >= 4 is 87.5 Å². The van der Waals surface area contributed by atoms with Crippen molar-refractivity contribution in [3.8, 4) is 33.6 Å². The van der Waals surface area contributed by atoms with Crippen molar-refractivity contribution in [2.24, 2.45) is 11.3 Å². The van der Waals surface area contributed by atoms with E-state index in [0.717, 1.165) is 68.1 Å². The highest BCUT2D eigenvalue weighted by Gasteiger charge is 2.35. The molecule has 0 aliphatic heterocycles. The average molecular weight is 909 g/mol. The minimum absolute atomic E-state index is 0.0871. The minimum Gasteiger partial charge on any atom is -0.456 e. The van der Waals surface area contributed by atoms with Gasteiger partial charge in [-0.25, -0.2) is 0 Å². The zero-order valence-electron chi connectivity index (χ0n) is 40.6. The molecule has 13 aromatic rings. The quantitative estimate of drug-likeness (QED) is 0.130. The molecule has 0 N–H and O–H groups in total. The van der Waals surface area contributed by atoms with Crippen LogP contribution >= 0.6 is 0 Å². The smallest absolute Gasteiger partial charge is 0.135 e. The van der Waals surface area contributed by atoms with Crippen molar-refractivity contribution in [2.45, 2.75) is 66.2 Å². The Hall–Kier alpha value is -7.82. The lowest BCUT2D eigenvalue weighted by Crippen LogP contribution is -2.29. The van der Waals surface area contributed by atoms with E-state index in [2.05, 4.69) is 232 Å². The maximum absolute atomic E-state index is 6.59. The van der Waals surface area contributed by atoms with Crippen LogP contribution in [0, 0.1) is 11.3 Å². The summed E-state index contributed by atoms with van der Waals surface area (Å²) < 4.78 is 18.0. The summed E-state index contributed by atoms with van der Waals surface area (Å²) in [5.41, 5.74) is 16.9. The number of fused-ring (bicyclic) bond motifs is 12. The molecule has 342 valence electrons. The second-order valence-corrected chi connectivity index (χ2v) is 20.4. The summed E-state index contributed by atoms with van der Waals surface area (Å²) >= 11 is 0. The van der Waals surface area contributed by atoms with Gasteiger partial charge in [0.1, 0.15) is 22.3 Å². The van der Waals surface area contributed by atoms with E-state index in [1.165, 1.54) is 84.3 Å². The molecule has 2 unspecified atom stereocenters. The Balaban J connectivity index is 0.980. The molecule has 4 aromatic heterocycles. The van der Waals surface area contributed by atoms with Crippen LogP contribution < -0.4 is 0 Å². The van der Waals surface area contributed by atoms with Crippen molar-refractivity contribution in [3.63, 3.8) is 0 Å². The molecule has 0 saturated heterocycles. The summed E-state index contributed by atoms with van der Waals surface area (Å²) in [5, 5.41) is 9.49. The molecule has 2 atom stereocenters. The first kappa shape index (κ1) is 42.3. The fraction of sp³-hybridized carbons (Fsp3) is 0.182. The van der Waals surface area contributed by atoms with Gasteiger partial charge >= 0.3 is 0 Å². The molecule has 9 aromatic carbocycles. The zero-order chi connectivity index (χ0) is 47.3. The molecule has 0 amide bonds. The Morgan fingerprint density at radius 3 is 1.16 bits per heavy atom. The predicted octanol–water partition coefficient (Wildman–Crippen LogP) is 19.4. The number of rotatable bonds is 11. The molecule has 0 aliphatic rings. The largest absolute Gasteiger partial charge is 0.456 e. The summed E-state index contributed by atoms with van der Waals surface area (Å²) in [6.45, 7) is 12.2. The van der Waals surface area contributed by atoms with Crippen LogP contribution in [0.5, 0.6) is 0 Å². The normalized spacial score (nSPS) is 13.3. The van der Waals surface area contributed by atoms with E-state index in [0.29, 0.717) is 11.8 Å². The Bertz CT molecular complexity index is 3810. The number of aromatic nitrogens is 2. The van der Waals surface area contributed by atoms with Gasteiger partial charge in [-0.3, -0.25) is 0 Å². The molecule has 4 heterocycles. The minimum atomic E-state index is 0.0871. The maximum atomic E-state index is 6.59. The second kappa shape index (κ2) is 16.4. The van der Waals surface area contributed by atoms with Crippen molar-refractivity contribution in [2.75, 3.05) is 0 Å². The van der Waals surface area contributed by atoms with Crippen molar-refractivity contribution in [1.29, 1.82) is 0 Å². The third-order valence-electron chi connectivity index (χ3n) is 16.1. The summed E-state index contributed by atoms with van der Waals surface area (Å²) in [5.74, 6) is 0.938. The van der Waals surface area contributed by atoms with Crippen LogP contribution in [0.25, 0.3) is 121 Å². The molecule has 0 saturated carbocycles. The zero-order valence-corrected chi connectivity index (χ0v) is 40.6. The topological polar surface area (TPSA) is 36.1 Å². The average Bonchev–Trinajstić information content (AvgIpc) is 4.14. The highest BCUT2D eigenvalue weighted by atomic mass is 16.3. The van der Waals surface area contributed by atoms with Crippen molar-refractivity contribution in [3.05, 3.63) is 194 Å². The van der Waals surface area contributed by atoms with Gasteiger partial charge < -0.3 is 18.0 Å². The number of nitrogens with zero attached hydrogens (tertiary/aromatic N) is 2. The fourth-order valence-corrected chi connectivity index (χ4v) is 12.2. The second-order valence-electron chi connectivity index (χ2n) is 20.4. The molecule has 70 heavy (non-hydrogen) atoms. The van der Waals surface area contributed by atoms with E-state index in [9.17, 15) is 0 Å². The van der Waals surface area contributed by atoms with Crippen molar-refractivity contribution < 1.29 is 8.83 Å². The lowest BCUT2D eigenvalue weighted by Gasteiger charge is -2.40. The molecule has 0 radical (unpaired) electrons. The van der Waals surface area contributed by atoms with Gasteiger partial charge in [0.05, 0.1) is 22.1 Å². The molecule has 0 fully saturated rings. The van der Waals surface area contributed by atoms with Crippen LogP contribution in [0.4, 0.5) is 0 Å². The van der Waals surface area contributed by atoms with E-state index >= 15 is 0 Å². The van der Waals surface area contributed by atoms with Gasteiger partial charge in [-0.05, 0) is 142 Å². The summed E-state index contributed by atoms with van der Waals surface area (Å²) in [6.07, 6.45) is 4.64. The van der Waals surface area contributed by atoms with Crippen LogP contribution in [0.1, 0.15) is 71.8 Å². The molecular weight excluding hydrogens is 853 g/mol. The number of furan rings is 2. The molecule has 0 spiro atoms. The SMILES string of the molecule is CCCC(C)C(C)(C)C(CCC)c1cc(-c2ccc3oc4ccc(-n5c6ccccc6c6ccccc65)cc4c3c2)cc(-c2ccc3oc4ccc(-n5c6ccccc6c6ccccc65)cc4c3c2)c1. The number of para-hydroxylation sites is 4. The van der Waals surface area contributed by atoms with Gasteiger partial charge in [0, 0.05) is 54.5 Å². The molecule has 13 rings (SSSR count). The van der Waals surface area contributed by atoms with Crippen LogP contribution in [0.15, 0.2) is 197 Å². The Labute approximate surface area is 408 Å². The first-order chi connectivity index (χ1) is 34.3. The molecule has 4 heteroatoms. The van der Waals surface area contributed by atoms with E-state index in [1.54, 1.807) is 0 Å². The van der Waals surface area contributed by atoms with Gasteiger partial charge in [0.2, 0.25) is 0 Å². The van der Waals surface area contributed by atoms with Crippen LogP contribution in [0.2, 0.25) is 0 Å². The summed E-state index contributed by atoms with van der Waals surface area (Å²) in [6, 6.07) is 69.2. The Morgan fingerprint density at radius 2 is 0.757 bits per heavy atom. The monoisotopic (exact) mass is 908 g/mol. The number of hydrogen-bond donors (Lipinski definition) is 0. The van der Waals surface area contributed by atoms with Crippen LogP contribution in [-0.4, -0.2) is 9.13 Å². The highest BCUT2D eigenvalue weighted by molar-refractivity contribution is 6.13. The van der Waals surface area contributed by atoms with Gasteiger partial charge in [0.15, 0.2) is 0 Å².